The van der Waals surface area contributed by atoms with Crippen LogP contribution in [-0.4, -0.2) is 15.7 Å². The number of azo groups is 1. The SMILES string of the molecule is C=CC(N)=O.O=P(O)(O)Oc1ccc(N=Nc2ccccc2)cc1. The second-order valence-corrected chi connectivity index (χ2v) is 5.38. The van der Waals surface area contributed by atoms with Gasteiger partial charge in [-0.1, -0.05) is 24.8 Å². The average Bonchev–Trinajstić information content (AvgIpc) is 2.54. The van der Waals surface area contributed by atoms with Crippen molar-refractivity contribution in [3.05, 3.63) is 67.3 Å². The molecule has 0 aliphatic rings. The number of primary amides is 1. The first-order chi connectivity index (χ1) is 11.3. The number of nitrogens with zero attached hydrogens (tertiary/aromatic N) is 2. The Bertz CT molecular complexity index is 741. The summed E-state index contributed by atoms with van der Waals surface area (Å²) in [6, 6.07) is 15.2. The minimum atomic E-state index is -4.52. The Morgan fingerprint density at radius 2 is 1.50 bits per heavy atom. The highest BCUT2D eigenvalue weighted by atomic mass is 31.2. The Kier molecular flexibility index (Phi) is 7.51. The number of phosphoric acid groups is 1. The number of carbonyl (C=O) groups is 1. The maximum atomic E-state index is 10.6. The normalized spacial score (nSPS) is 10.6. The van der Waals surface area contributed by atoms with E-state index in [0.717, 1.165) is 11.8 Å². The number of nitrogens with two attached hydrogens (primary N) is 1. The summed E-state index contributed by atoms with van der Waals surface area (Å²) in [5.41, 5.74) is 5.81. The van der Waals surface area contributed by atoms with Crippen LogP contribution in [-0.2, 0) is 9.36 Å². The van der Waals surface area contributed by atoms with Gasteiger partial charge < -0.3 is 10.3 Å². The molecular weight excluding hydrogens is 333 g/mol. The molecule has 0 bridgehead atoms. The highest BCUT2D eigenvalue weighted by molar-refractivity contribution is 7.46. The summed E-state index contributed by atoms with van der Waals surface area (Å²) in [7, 11) is -4.52. The lowest BCUT2D eigenvalue weighted by Gasteiger charge is -2.05. The summed E-state index contributed by atoms with van der Waals surface area (Å²) in [4.78, 5) is 26.8. The van der Waals surface area contributed by atoms with Crippen LogP contribution in [0.5, 0.6) is 5.75 Å². The molecule has 0 unspecified atom stereocenters. The summed E-state index contributed by atoms with van der Waals surface area (Å²) >= 11 is 0. The van der Waals surface area contributed by atoms with Crippen LogP contribution in [0.3, 0.4) is 0 Å². The van der Waals surface area contributed by atoms with Gasteiger partial charge >= 0.3 is 7.82 Å². The van der Waals surface area contributed by atoms with Crippen molar-refractivity contribution in [3.63, 3.8) is 0 Å². The van der Waals surface area contributed by atoms with Gasteiger partial charge in [-0.05, 0) is 42.5 Å². The number of carbonyl (C=O) groups excluding carboxylic acids is 1. The third-order valence-electron chi connectivity index (χ3n) is 2.30. The quantitative estimate of drug-likeness (QED) is 0.433. The topological polar surface area (TPSA) is 135 Å². The number of phosphoric ester groups is 1. The molecule has 0 saturated carbocycles. The molecule has 0 radical (unpaired) electrons. The molecule has 2 aromatic carbocycles. The summed E-state index contributed by atoms with van der Waals surface area (Å²) in [5, 5.41) is 8.00. The van der Waals surface area contributed by atoms with Crippen LogP contribution in [0, 0.1) is 0 Å². The van der Waals surface area contributed by atoms with Gasteiger partial charge in [-0.3, -0.25) is 14.6 Å². The Labute approximate surface area is 138 Å². The van der Waals surface area contributed by atoms with E-state index in [4.69, 9.17) is 9.79 Å². The fourth-order valence-electron chi connectivity index (χ4n) is 1.32. The monoisotopic (exact) mass is 349 g/mol. The summed E-state index contributed by atoms with van der Waals surface area (Å²) in [6.07, 6.45) is 1.06. The van der Waals surface area contributed by atoms with Gasteiger partial charge in [0.25, 0.3) is 0 Å². The number of hydrogen-bond donors (Lipinski definition) is 3. The molecule has 0 spiro atoms. The van der Waals surface area contributed by atoms with Gasteiger partial charge in [0.2, 0.25) is 5.91 Å². The van der Waals surface area contributed by atoms with Gasteiger partial charge in [0.1, 0.15) is 5.75 Å². The summed E-state index contributed by atoms with van der Waals surface area (Å²) in [5.74, 6) is -0.406. The lowest BCUT2D eigenvalue weighted by Crippen LogP contribution is -2.04. The van der Waals surface area contributed by atoms with E-state index in [1.54, 1.807) is 12.1 Å². The number of hydrogen-bond acceptors (Lipinski definition) is 5. The maximum absolute atomic E-state index is 10.6. The molecule has 0 aromatic heterocycles. The zero-order chi connectivity index (χ0) is 18.0. The lowest BCUT2D eigenvalue weighted by molar-refractivity contribution is -0.113. The summed E-state index contributed by atoms with van der Waals surface area (Å²) in [6.45, 7) is 3.09. The van der Waals surface area contributed by atoms with E-state index in [0.29, 0.717) is 5.69 Å². The predicted molar refractivity (Wildman–Crippen MR) is 89.1 cm³/mol. The van der Waals surface area contributed by atoms with Crippen LogP contribution in [0.1, 0.15) is 0 Å². The maximum Gasteiger partial charge on any atom is 0.524 e. The van der Waals surface area contributed by atoms with Crippen molar-refractivity contribution in [2.45, 2.75) is 0 Å². The van der Waals surface area contributed by atoms with Crippen molar-refractivity contribution in [2.24, 2.45) is 16.0 Å². The Balaban J connectivity index is 0.000000505. The molecule has 9 heteroatoms. The molecule has 0 heterocycles. The van der Waals surface area contributed by atoms with Gasteiger partial charge in [0, 0.05) is 0 Å². The Morgan fingerprint density at radius 3 is 1.92 bits per heavy atom. The first-order valence-corrected chi connectivity index (χ1v) is 8.07. The van der Waals surface area contributed by atoms with E-state index >= 15 is 0 Å². The van der Waals surface area contributed by atoms with Crippen molar-refractivity contribution in [2.75, 3.05) is 0 Å². The molecule has 2 aromatic rings. The lowest BCUT2D eigenvalue weighted by atomic mass is 10.3. The molecule has 8 nitrogen and oxygen atoms in total. The molecule has 0 aliphatic carbocycles. The van der Waals surface area contributed by atoms with Crippen molar-refractivity contribution in [1.82, 2.24) is 0 Å². The molecule has 24 heavy (non-hydrogen) atoms. The number of rotatable bonds is 5. The fourth-order valence-corrected chi connectivity index (χ4v) is 1.72. The van der Waals surface area contributed by atoms with E-state index in [1.807, 2.05) is 30.3 Å². The van der Waals surface area contributed by atoms with Crippen molar-refractivity contribution >= 4 is 25.1 Å². The van der Waals surface area contributed by atoms with E-state index in [1.165, 1.54) is 12.1 Å². The molecule has 126 valence electrons. The molecule has 1 amide bonds. The van der Waals surface area contributed by atoms with E-state index in [2.05, 4.69) is 27.1 Å². The molecular formula is C15H16N3O5P. The van der Waals surface area contributed by atoms with Crippen molar-refractivity contribution < 1.29 is 23.7 Å². The first kappa shape index (κ1) is 19.2. The van der Waals surface area contributed by atoms with Crippen LogP contribution in [0.25, 0.3) is 0 Å². The molecule has 4 N–H and O–H groups in total. The standard InChI is InChI=1S/C12H11N2O4P.C3H5NO/c15-19(16,17)18-12-8-6-11(7-9-12)14-13-10-4-2-1-3-5-10;1-2-3(4)5/h1-9H,(H2,15,16,17);2H,1H2,(H2,4,5). The molecule has 2 rings (SSSR count). The minimum absolute atomic E-state index is 0.0759. The van der Waals surface area contributed by atoms with Crippen LogP contribution in [0.2, 0.25) is 0 Å². The fraction of sp³-hybridized carbons (Fsp3) is 0. The minimum Gasteiger partial charge on any atom is -0.404 e. The second kappa shape index (κ2) is 9.36. The zero-order valence-corrected chi connectivity index (χ0v) is 13.4. The average molecular weight is 349 g/mol. The van der Waals surface area contributed by atoms with Crippen molar-refractivity contribution in [1.29, 1.82) is 0 Å². The molecule has 0 aliphatic heterocycles. The van der Waals surface area contributed by atoms with Crippen LogP contribution >= 0.6 is 7.82 Å². The van der Waals surface area contributed by atoms with Gasteiger partial charge in [0.15, 0.2) is 0 Å². The van der Waals surface area contributed by atoms with E-state index in [9.17, 15) is 9.36 Å². The van der Waals surface area contributed by atoms with E-state index < -0.39 is 13.7 Å². The van der Waals surface area contributed by atoms with Gasteiger partial charge in [-0.25, -0.2) is 4.57 Å². The highest BCUT2D eigenvalue weighted by Crippen LogP contribution is 2.37. The third-order valence-corrected chi connectivity index (χ3v) is 2.75. The zero-order valence-electron chi connectivity index (χ0n) is 12.5. The molecule has 0 fully saturated rings. The first-order valence-electron chi connectivity index (χ1n) is 6.54. The Hall–Kier alpha value is -2.80. The molecule has 0 saturated heterocycles. The van der Waals surface area contributed by atoms with Crippen molar-refractivity contribution in [3.8, 4) is 5.75 Å². The van der Waals surface area contributed by atoms with Gasteiger partial charge in [0.05, 0.1) is 11.4 Å². The van der Waals surface area contributed by atoms with Crippen LogP contribution in [0.4, 0.5) is 11.4 Å². The third kappa shape index (κ3) is 8.60. The highest BCUT2D eigenvalue weighted by Gasteiger charge is 2.15. The van der Waals surface area contributed by atoms with Gasteiger partial charge in [-0.2, -0.15) is 10.2 Å². The van der Waals surface area contributed by atoms with Gasteiger partial charge in [-0.15, -0.1) is 0 Å². The predicted octanol–water partition coefficient (Wildman–Crippen LogP) is 3.23. The largest absolute Gasteiger partial charge is 0.524 e. The molecule has 0 atom stereocenters. The van der Waals surface area contributed by atoms with Crippen LogP contribution in [0.15, 0.2) is 77.5 Å². The Morgan fingerprint density at radius 1 is 1.04 bits per heavy atom. The smallest absolute Gasteiger partial charge is 0.404 e. The number of benzene rings is 2. The number of amides is 1. The summed E-state index contributed by atoms with van der Waals surface area (Å²) < 4.78 is 15.0. The van der Waals surface area contributed by atoms with Crippen LogP contribution < -0.4 is 10.3 Å². The van der Waals surface area contributed by atoms with E-state index in [-0.39, 0.29) is 5.75 Å². The second-order valence-electron chi connectivity index (χ2n) is 4.22.